The van der Waals surface area contributed by atoms with Crippen molar-refractivity contribution in [1.82, 2.24) is 14.5 Å². The molecule has 1 saturated carbocycles. The maximum absolute atomic E-state index is 12.7. The Morgan fingerprint density at radius 1 is 1.28 bits per heavy atom. The van der Waals surface area contributed by atoms with E-state index in [2.05, 4.69) is 12.2 Å². The van der Waals surface area contributed by atoms with Crippen molar-refractivity contribution >= 4 is 16.8 Å². The van der Waals surface area contributed by atoms with Gasteiger partial charge in [0.1, 0.15) is 0 Å². The Bertz CT molecular complexity index is 844. The highest BCUT2D eigenvalue weighted by Crippen LogP contribution is 2.25. The largest absolute Gasteiger partial charge is 0.378 e. The molecule has 0 aromatic carbocycles. The SMILES string of the molecule is CCCCO[C@H]1C[C@H](NC(=O)c2cn(C)c3c(C)cn(C)c(=O)c23)C1. The second-order valence-electron chi connectivity index (χ2n) is 7.09. The number of hydrogen-bond donors (Lipinski definition) is 1. The third kappa shape index (κ3) is 3.35. The average Bonchev–Trinajstić information content (AvgIpc) is 2.88. The Morgan fingerprint density at radius 2 is 2.00 bits per heavy atom. The Kier molecular flexibility index (Phi) is 4.99. The molecule has 0 unspecified atom stereocenters. The number of fused-ring (bicyclic) bond motifs is 1. The number of nitrogens with zero attached hydrogens (tertiary/aromatic N) is 2. The molecule has 0 saturated heterocycles. The highest BCUT2D eigenvalue weighted by Gasteiger charge is 2.32. The van der Waals surface area contributed by atoms with Gasteiger partial charge in [-0.05, 0) is 31.7 Å². The zero-order valence-corrected chi connectivity index (χ0v) is 15.5. The predicted octanol–water partition coefficient (Wildman–Crippen LogP) is 2.26. The molecule has 2 heterocycles. The molecule has 6 heteroatoms. The Morgan fingerprint density at radius 3 is 2.68 bits per heavy atom. The number of carbonyl (C=O) groups is 1. The van der Waals surface area contributed by atoms with Gasteiger partial charge in [0, 0.05) is 39.1 Å². The summed E-state index contributed by atoms with van der Waals surface area (Å²) in [5.74, 6) is -0.176. The second-order valence-corrected chi connectivity index (χ2v) is 7.09. The Balaban J connectivity index is 1.73. The zero-order chi connectivity index (χ0) is 18.1. The van der Waals surface area contributed by atoms with Gasteiger partial charge < -0.3 is 19.2 Å². The summed E-state index contributed by atoms with van der Waals surface area (Å²) < 4.78 is 9.15. The van der Waals surface area contributed by atoms with Gasteiger partial charge in [0.05, 0.1) is 22.6 Å². The quantitative estimate of drug-likeness (QED) is 0.817. The standard InChI is InChI=1S/C19H27N3O3/c1-5-6-7-25-14-8-13(9-14)20-18(23)15-11-21(3)17-12(2)10-22(4)19(24)16(15)17/h10-11,13-14H,5-9H2,1-4H3,(H,20,23)/t13-,14-. The van der Waals surface area contributed by atoms with E-state index < -0.39 is 0 Å². The lowest BCUT2D eigenvalue weighted by Gasteiger charge is -2.35. The number of unbranched alkanes of at least 4 members (excludes halogenated alkanes) is 1. The summed E-state index contributed by atoms with van der Waals surface area (Å²) in [6.07, 6.45) is 7.70. The summed E-state index contributed by atoms with van der Waals surface area (Å²) in [7, 11) is 3.58. The molecule has 2 aromatic rings. The molecule has 136 valence electrons. The Labute approximate surface area is 147 Å². The van der Waals surface area contributed by atoms with Gasteiger partial charge >= 0.3 is 0 Å². The van der Waals surface area contributed by atoms with Crippen molar-refractivity contribution in [2.45, 2.75) is 51.7 Å². The molecule has 1 fully saturated rings. The number of nitrogens with one attached hydrogen (secondary N) is 1. The molecule has 1 N–H and O–H groups in total. The highest BCUT2D eigenvalue weighted by atomic mass is 16.5. The fourth-order valence-corrected chi connectivity index (χ4v) is 3.55. The average molecular weight is 345 g/mol. The highest BCUT2D eigenvalue weighted by molar-refractivity contribution is 6.07. The summed E-state index contributed by atoms with van der Waals surface area (Å²) in [6.45, 7) is 4.89. The van der Waals surface area contributed by atoms with Crippen molar-refractivity contribution in [1.29, 1.82) is 0 Å². The molecule has 1 amide bonds. The molecular weight excluding hydrogens is 318 g/mol. The summed E-state index contributed by atoms with van der Waals surface area (Å²) in [4.78, 5) is 25.2. The second kappa shape index (κ2) is 7.04. The number of pyridine rings is 1. The van der Waals surface area contributed by atoms with Crippen LogP contribution in [-0.4, -0.2) is 33.8 Å². The first kappa shape index (κ1) is 17.7. The van der Waals surface area contributed by atoms with E-state index in [9.17, 15) is 9.59 Å². The van der Waals surface area contributed by atoms with Crippen LogP contribution in [0.25, 0.3) is 10.9 Å². The van der Waals surface area contributed by atoms with Gasteiger partial charge in [-0.1, -0.05) is 13.3 Å². The molecule has 0 radical (unpaired) electrons. The molecule has 3 rings (SSSR count). The van der Waals surface area contributed by atoms with Crippen LogP contribution in [0.1, 0.15) is 48.5 Å². The van der Waals surface area contributed by atoms with Gasteiger partial charge in [-0.15, -0.1) is 0 Å². The van der Waals surface area contributed by atoms with Crippen molar-refractivity contribution < 1.29 is 9.53 Å². The van der Waals surface area contributed by atoms with E-state index in [4.69, 9.17) is 4.74 Å². The van der Waals surface area contributed by atoms with E-state index in [0.29, 0.717) is 10.9 Å². The summed E-state index contributed by atoms with van der Waals surface area (Å²) in [5.41, 5.74) is 2.12. The molecule has 1 aliphatic carbocycles. The number of hydrogen-bond acceptors (Lipinski definition) is 3. The van der Waals surface area contributed by atoms with Crippen molar-refractivity contribution in [2.75, 3.05) is 6.61 Å². The van der Waals surface area contributed by atoms with Crippen LogP contribution in [0.2, 0.25) is 0 Å². The van der Waals surface area contributed by atoms with Crippen LogP contribution in [0.3, 0.4) is 0 Å². The van der Waals surface area contributed by atoms with Crippen LogP contribution < -0.4 is 10.9 Å². The molecule has 0 atom stereocenters. The van der Waals surface area contributed by atoms with E-state index in [1.54, 1.807) is 19.4 Å². The maximum atomic E-state index is 12.7. The molecule has 6 nitrogen and oxygen atoms in total. The van der Waals surface area contributed by atoms with E-state index in [1.807, 2.05) is 18.5 Å². The van der Waals surface area contributed by atoms with Crippen LogP contribution in [0.4, 0.5) is 0 Å². The summed E-state index contributed by atoms with van der Waals surface area (Å²) in [6, 6.07) is 0.128. The smallest absolute Gasteiger partial charge is 0.260 e. The third-order valence-corrected chi connectivity index (χ3v) is 5.00. The number of aromatic nitrogens is 2. The summed E-state index contributed by atoms with van der Waals surface area (Å²) >= 11 is 0. The minimum Gasteiger partial charge on any atom is -0.378 e. The number of carbonyl (C=O) groups excluding carboxylic acids is 1. The van der Waals surface area contributed by atoms with Crippen LogP contribution in [-0.2, 0) is 18.8 Å². The summed E-state index contributed by atoms with van der Waals surface area (Å²) in [5, 5.41) is 3.54. The lowest BCUT2D eigenvalue weighted by Crippen LogP contribution is -2.48. The van der Waals surface area contributed by atoms with Crippen LogP contribution in [0.15, 0.2) is 17.2 Å². The minimum atomic E-state index is -0.176. The van der Waals surface area contributed by atoms with Crippen LogP contribution in [0.5, 0.6) is 0 Å². The number of amides is 1. The Hall–Kier alpha value is -2.08. The molecule has 25 heavy (non-hydrogen) atoms. The topological polar surface area (TPSA) is 65.3 Å². The fraction of sp³-hybridized carbons (Fsp3) is 0.579. The molecule has 2 aromatic heterocycles. The normalized spacial score (nSPS) is 19.8. The molecular formula is C19H27N3O3. The lowest BCUT2D eigenvalue weighted by molar-refractivity contribution is -0.0161. The van der Waals surface area contributed by atoms with Gasteiger partial charge in [0.2, 0.25) is 0 Å². The number of aryl methyl sites for hydroxylation is 3. The lowest BCUT2D eigenvalue weighted by atomic mass is 9.89. The predicted molar refractivity (Wildman–Crippen MR) is 98.0 cm³/mol. The molecule has 1 aliphatic rings. The number of ether oxygens (including phenoxy) is 1. The van der Waals surface area contributed by atoms with Crippen LogP contribution in [0, 0.1) is 6.92 Å². The molecule has 0 spiro atoms. The first-order valence-corrected chi connectivity index (χ1v) is 9.00. The van der Waals surface area contributed by atoms with E-state index >= 15 is 0 Å². The molecule has 0 bridgehead atoms. The van der Waals surface area contributed by atoms with Gasteiger partial charge in [-0.2, -0.15) is 0 Å². The van der Waals surface area contributed by atoms with Crippen molar-refractivity contribution in [3.05, 3.63) is 33.9 Å². The van der Waals surface area contributed by atoms with Crippen molar-refractivity contribution in [2.24, 2.45) is 14.1 Å². The van der Waals surface area contributed by atoms with Gasteiger partial charge in [-0.25, -0.2) is 0 Å². The fourth-order valence-electron chi connectivity index (χ4n) is 3.55. The van der Waals surface area contributed by atoms with Gasteiger partial charge in [0.15, 0.2) is 0 Å². The minimum absolute atomic E-state index is 0.128. The monoisotopic (exact) mass is 345 g/mol. The first-order valence-electron chi connectivity index (χ1n) is 9.00. The van der Waals surface area contributed by atoms with Crippen molar-refractivity contribution in [3.8, 4) is 0 Å². The maximum Gasteiger partial charge on any atom is 0.260 e. The van der Waals surface area contributed by atoms with Crippen LogP contribution >= 0.6 is 0 Å². The van der Waals surface area contributed by atoms with Gasteiger partial charge in [-0.3, -0.25) is 9.59 Å². The van der Waals surface area contributed by atoms with E-state index in [1.165, 1.54) is 4.57 Å². The third-order valence-electron chi connectivity index (χ3n) is 5.00. The zero-order valence-electron chi connectivity index (χ0n) is 15.5. The van der Waals surface area contributed by atoms with Gasteiger partial charge in [0.25, 0.3) is 11.5 Å². The first-order chi connectivity index (χ1) is 11.9. The number of rotatable bonds is 6. The van der Waals surface area contributed by atoms with E-state index in [0.717, 1.165) is 43.4 Å². The van der Waals surface area contributed by atoms with E-state index in [-0.39, 0.29) is 23.6 Å². The molecule has 0 aliphatic heterocycles. The van der Waals surface area contributed by atoms with Crippen molar-refractivity contribution in [3.63, 3.8) is 0 Å².